The summed E-state index contributed by atoms with van der Waals surface area (Å²) in [5, 5.41) is 10.0. The zero-order valence-electron chi connectivity index (χ0n) is 14.6. The summed E-state index contributed by atoms with van der Waals surface area (Å²) in [7, 11) is 0. The highest BCUT2D eigenvalue weighted by Gasteiger charge is 2.35. The van der Waals surface area contributed by atoms with Gasteiger partial charge in [0.2, 0.25) is 5.89 Å². The predicted molar refractivity (Wildman–Crippen MR) is 92.1 cm³/mol. The lowest BCUT2D eigenvalue weighted by Crippen LogP contribution is -2.56. The lowest BCUT2D eigenvalue weighted by molar-refractivity contribution is -0.153. The van der Waals surface area contributed by atoms with E-state index in [1.807, 2.05) is 24.3 Å². The molecule has 9 nitrogen and oxygen atoms in total. The van der Waals surface area contributed by atoms with Gasteiger partial charge in [-0.2, -0.15) is 0 Å². The van der Waals surface area contributed by atoms with Gasteiger partial charge >= 0.3 is 23.9 Å². The van der Waals surface area contributed by atoms with Crippen LogP contribution in [0.25, 0.3) is 11.5 Å². The Morgan fingerprint density at radius 3 is 2.50 bits per heavy atom. The van der Waals surface area contributed by atoms with Gasteiger partial charge in [0.05, 0.1) is 0 Å². The number of imide groups is 1. The Hall–Kier alpha value is -3.23. The molecule has 1 saturated heterocycles. The molecule has 1 aromatic carbocycles. The molecule has 0 atom stereocenters. The summed E-state index contributed by atoms with van der Waals surface area (Å²) in [6.45, 7) is 4.66. The molecule has 2 aromatic rings. The molecular weight excluding hydrogens is 338 g/mol. The topological polar surface area (TPSA) is 109 Å². The fourth-order valence-corrected chi connectivity index (χ4v) is 2.60. The summed E-state index contributed by atoms with van der Waals surface area (Å²) >= 11 is 0. The van der Waals surface area contributed by atoms with E-state index < -0.39 is 17.8 Å². The van der Waals surface area contributed by atoms with Crippen molar-refractivity contribution < 1.29 is 18.8 Å². The van der Waals surface area contributed by atoms with Crippen molar-refractivity contribution in [1.82, 2.24) is 20.0 Å². The highest BCUT2D eigenvalue weighted by molar-refractivity contribution is 6.38. The Balaban J connectivity index is 1.68. The number of carbonyl (C=O) groups is 3. The minimum atomic E-state index is -0.870. The molecule has 1 N–H and O–H groups in total. The summed E-state index contributed by atoms with van der Waals surface area (Å²) < 4.78 is 5.42. The van der Waals surface area contributed by atoms with Gasteiger partial charge in [0, 0.05) is 25.2 Å². The van der Waals surface area contributed by atoms with E-state index in [1.54, 1.807) is 6.92 Å². The van der Waals surface area contributed by atoms with E-state index in [9.17, 15) is 14.4 Å². The number of amides is 4. The lowest BCUT2D eigenvalue weighted by Gasteiger charge is -2.31. The van der Waals surface area contributed by atoms with Gasteiger partial charge in [-0.1, -0.05) is 24.2 Å². The zero-order valence-corrected chi connectivity index (χ0v) is 14.6. The summed E-state index contributed by atoms with van der Waals surface area (Å²) in [6.07, 6.45) is 0.920. The molecular formula is C17H19N5O4. The fraction of sp³-hybridized carbons (Fsp3) is 0.353. The SMILES string of the molecule is CCc1ccc(-c2nnc(NC(=O)N3CCN(CC)C(=O)C3=O)o2)cc1. The Morgan fingerprint density at radius 1 is 1.12 bits per heavy atom. The van der Waals surface area contributed by atoms with Gasteiger partial charge < -0.3 is 9.32 Å². The van der Waals surface area contributed by atoms with Gasteiger partial charge in [-0.15, -0.1) is 5.10 Å². The van der Waals surface area contributed by atoms with Crippen LogP contribution in [-0.2, 0) is 16.0 Å². The highest BCUT2D eigenvalue weighted by atomic mass is 16.4. The van der Waals surface area contributed by atoms with Crippen molar-refractivity contribution in [2.45, 2.75) is 20.3 Å². The first kappa shape index (κ1) is 17.6. The largest absolute Gasteiger partial charge is 0.403 e. The minimum absolute atomic E-state index is 0.115. The number of likely N-dealkylation sites (N-methyl/N-ethyl adjacent to an activating group) is 1. The van der Waals surface area contributed by atoms with Crippen molar-refractivity contribution in [2.75, 3.05) is 25.0 Å². The maximum Gasteiger partial charge on any atom is 0.332 e. The number of aromatic nitrogens is 2. The van der Waals surface area contributed by atoms with Gasteiger partial charge in [0.1, 0.15) is 0 Å². The molecule has 1 aromatic heterocycles. The molecule has 1 aliphatic rings. The maximum atomic E-state index is 12.2. The first-order chi connectivity index (χ1) is 12.5. The molecule has 0 saturated carbocycles. The number of urea groups is 1. The molecule has 9 heteroatoms. The summed E-state index contributed by atoms with van der Waals surface area (Å²) in [4.78, 5) is 38.4. The quantitative estimate of drug-likeness (QED) is 0.831. The Kier molecular flexibility index (Phi) is 4.97. The van der Waals surface area contributed by atoms with Crippen LogP contribution in [0.5, 0.6) is 0 Å². The van der Waals surface area contributed by atoms with Crippen LogP contribution in [-0.4, -0.2) is 57.5 Å². The summed E-state index contributed by atoms with van der Waals surface area (Å²) in [5.74, 6) is -1.32. The van der Waals surface area contributed by atoms with E-state index in [2.05, 4.69) is 22.4 Å². The summed E-state index contributed by atoms with van der Waals surface area (Å²) in [5.41, 5.74) is 1.90. The average molecular weight is 357 g/mol. The third-order valence-corrected chi connectivity index (χ3v) is 4.18. The van der Waals surface area contributed by atoms with E-state index in [0.717, 1.165) is 16.9 Å². The van der Waals surface area contributed by atoms with Crippen LogP contribution >= 0.6 is 0 Å². The van der Waals surface area contributed by atoms with E-state index in [1.165, 1.54) is 10.5 Å². The van der Waals surface area contributed by atoms with Crippen molar-refractivity contribution in [3.05, 3.63) is 29.8 Å². The molecule has 0 radical (unpaired) electrons. The monoisotopic (exact) mass is 357 g/mol. The fourth-order valence-electron chi connectivity index (χ4n) is 2.60. The van der Waals surface area contributed by atoms with Gasteiger partial charge in [0.15, 0.2) is 0 Å². The standard InChI is InChI=1S/C17H19N5O4/c1-3-11-5-7-12(8-6-11)13-19-20-16(26-13)18-17(25)22-10-9-21(4-2)14(23)15(22)24/h5-8H,3-4,9-10H2,1-2H3,(H,18,20,25). The second-order valence-electron chi connectivity index (χ2n) is 5.73. The number of carbonyl (C=O) groups excluding carboxylic acids is 3. The number of anilines is 1. The van der Waals surface area contributed by atoms with E-state index in [0.29, 0.717) is 13.1 Å². The van der Waals surface area contributed by atoms with E-state index in [-0.39, 0.29) is 18.5 Å². The molecule has 3 rings (SSSR count). The van der Waals surface area contributed by atoms with E-state index in [4.69, 9.17) is 4.42 Å². The first-order valence-corrected chi connectivity index (χ1v) is 8.38. The Morgan fingerprint density at radius 2 is 1.85 bits per heavy atom. The number of hydrogen-bond acceptors (Lipinski definition) is 6. The number of rotatable bonds is 4. The van der Waals surface area contributed by atoms with Crippen molar-refractivity contribution in [2.24, 2.45) is 0 Å². The number of hydrogen-bond donors (Lipinski definition) is 1. The van der Waals surface area contributed by atoms with Crippen LogP contribution in [0.4, 0.5) is 10.8 Å². The number of piperazine rings is 1. The second-order valence-corrected chi connectivity index (χ2v) is 5.73. The van der Waals surface area contributed by atoms with Crippen molar-refractivity contribution in [3.8, 4) is 11.5 Å². The van der Waals surface area contributed by atoms with Crippen LogP contribution in [0, 0.1) is 0 Å². The average Bonchev–Trinajstić information content (AvgIpc) is 3.12. The van der Waals surface area contributed by atoms with E-state index >= 15 is 0 Å². The highest BCUT2D eigenvalue weighted by Crippen LogP contribution is 2.20. The molecule has 0 bridgehead atoms. The smallest absolute Gasteiger partial charge is 0.332 e. The van der Waals surface area contributed by atoms with Crippen LogP contribution in [0.1, 0.15) is 19.4 Å². The predicted octanol–water partition coefficient (Wildman–Crippen LogP) is 1.52. The number of nitrogens with zero attached hydrogens (tertiary/aromatic N) is 4. The molecule has 1 aliphatic heterocycles. The number of benzene rings is 1. The Labute approximate surface area is 150 Å². The minimum Gasteiger partial charge on any atom is -0.403 e. The third-order valence-electron chi connectivity index (χ3n) is 4.18. The van der Waals surface area contributed by atoms with Crippen molar-refractivity contribution in [1.29, 1.82) is 0 Å². The lowest BCUT2D eigenvalue weighted by atomic mass is 10.1. The molecule has 2 heterocycles. The van der Waals surface area contributed by atoms with Gasteiger partial charge in [-0.3, -0.25) is 19.8 Å². The molecule has 0 aliphatic carbocycles. The molecule has 0 unspecified atom stereocenters. The first-order valence-electron chi connectivity index (χ1n) is 8.38. The normalized spacial score (nSPS) is 14.7. The second kappa shape index (κ2) is 7.34. The Bertz CT molecular complexity index is 830. The third kappa shape index (κ3) is 3.41. The van der Waals surface area contributed by atoms with Gasteiger partial charge in [-0.05, 0) is 31.0 Å². The number of nitrogens with one attached hydrogen (secondary N) is 1. The molecule has 26 heavy (non-hydrogen) atoms. The number of aryl methyl sites for hydroxylation is 1. The van der Waals surface area contributed by atoms with Crippen LogP contribution in [0.3, 0.4) is 0 Å². The van der Waals surface area contributed by atoms with Gasteiger partial charge in [0.25, 0.3) is 0 Å². The molecule has 4 amide bonds. The molecule has 1 fully saturated rings. The summed E-state index contributed by atoms with van der Waals surface area (Å²) in [6, 6.07) is 6.71. The van der Waals surface area contributed by atoms with Crippen LogP contribution < -0.4 is 5.32 Å². The zero-order chi connectivity index (χ0) is 18.7. The molecule has 136 valence electrons. The molecule has 0 spiro atoms. The van der Waals surface area contributed by atoms with Crippen LogP contribution in [0.2, 0.25) is 0 Å². The maximum absolute atomic E-state index is 12.2. The van der Waals surface area contributed by atoms with Crippen LogP contribution in [0.15, 0.2) is 28.7 Å². The van der Waals surface area contributed by atoms with Crippen molar-refractivity contribution >= 4 is 23.9 Å². The van der Waals surface area contributed by atoms with Gasteiger partial charge in [-0.25, -0.2) is 4.79 Å². The van der Waals surface area contributed by atoms with Crippen molar-refractivity contribution in [3.63, 3.8) is 0 Å².